The highest BCUT2D eigenvalue weighted by molar-refractivity contribution is 7.98. The predicted octanol–water partition coefficient (Wildman–Crippen LogP) is 4.19. The molecule has 0 bridgehead atoms. The molecule has 2 aromatic heterocycles. The first kappa shape index (κ1) is 23.6. The zero-order valence-electron chi connectivity index (χ0n) is 19.9. The highest BCUT2D eigenvalue weighted by Gasteiger charge is 2.14. The van der Waals surface area contributed by atoms with Crippen LogP contribution in [-0.4, -0.2) is 33.7 Å². The van der Waals surface area contributed by atoms with Gasteiger partial charge in [0.2, 0.25) is 0 Å². The van der Waals surface area contributed by atoms with Gasteiger partial charge in [0.05, 0.1) is 41.8 Å². The highest BCUT2D eigenvalue weighted by Crippen LogP contribution is 2.28. The number of benzene rings is 3. The van der Waals surface area contributed by atoms with E-state index in [-0.39, 0.29) is 11.1 Å². The molecular weight excluding hydrogens is 476 g/mol. The van der Waals surface area contributed by atoms with Gasteiger partial charge in [-0.25, -0.2) is 9.97 Å². The Morgan fingerprint density at radius 1 is 0.861 bits per heavy atom. The van der Waals surface area contributed by atoms with E-state index < -0.39 is 0 Å². The van der Waals surface area contributed by atoms with Crippen LogP contribution in [0.1, 0.15) is 11.4 Å². The van der Waals surface area contributed by atoms with E-state index in [0.29, 0.717) is 63.0 Å². The fourth-order valence-electron chi connectivity index (χ4n) is 4.07. The van der Waals surface area contributed by atoms with Gasteiger partial charge < -0.3 is 14.5 Å². The molecule has 0 aliphatic rings. The van der Waals surface area contributed by atoms with Gasteiger partial charge >= 0.3 is 0 Å². The van der Waals surface area contributed by atoms with Gasteiger partial charge in [0, 0.05) is 6.54 Å². The number of aryl methyl sites for hydroxylation is 1. The van der Waals surface area contributed by atoms with Crippen LogP contribution < -0.4 is 20.6 Å². The zero-order chi connectivity index (χ0) is 25.1. The number of ether oxygens (including phenoxy) is 2. The lowest BCUT2D eigenvalue weighted by molar-refractivity contribution is 0.354. The molecule has 5 rings (SSSR count). The summed E-state index contributed by atoms with van der Waals surface area (Å²) in [5.74, 6) is 2.18. The molecule has 0 aliphatic heterocycles. The maximum absolute atomic E-state index is 13.4. The van der Waals surface area contributed by atoms with E-state index in [1.54, 1.807) is 30.9 Å². The maximum Gasteiger partial charge on any atom is 0.262 e. The van der Waals surface area contributed by atoms with E-state index in [1.165, 1.54) is 11.8 Å². The van der Waals surface area contributed by atoms with Crippen molar-refractivity contribution in [3.63, 3.8) is 0 Å². The summed E-state index contributed by atoms with van der Waals surface area (Å²) in [6, 6.07) is 20.2. The van der Waals surface area contributed by atoms with Gasteiger partial charge in [-0.3, -0.25) is 14.2 Å². The van der Waals surface area contributed by atoms with E-state index >= 15 is 0 Å². The van der Waals surface area contributed by atoms with Gasteiger partial charge in [-0.1, -0.05) is 42.1 Å². The maximum atomic E-state index is 13.4. The third-order valence-corrected chi connectivity index (χ3v) is 6.89. The predicted molar refractivity (Wildman–Crippen MR) is 141 cm³/mol. The summed E-state index contributed by atoms with van der Waals surface area (Å²) < 4.78 is 12.4. The Bertz CT molecular complexity index is 1680. The fourth-order valence-corrected chi connectivity index (χ4v) is 4.96. The third kappa shape index (κ3) is 4.70. The van der Waals surface area contributed by atoms with Gasteiger partial charge in [0.15, 0.2) is 16.7 Å². The summed E-state index contributed by atoms with van der Waals surface area (Å²) in [5, 5.41) is 1.67. The van der Waals surface area contributed by atoms with Crippen LogP contribution in [0.4, 0.5) is 0 Å². The van der Waals surface area contributed by atoms with Crippen LogP contribution in [-0.2, 0) is 18.7 Å². The molecule has 0 radical (unpaired) electrons. The van der Waals surface area contributed by atoms with Gasteiger partial charge in [-0.15, -0.1) is 0 Å². The molecule has 0 aliphatic carbocycles. The molecule has 5 aromatic rings. The van der Waals surface area contributed by atoms with Crippen LogP contribution in [0.5, 0.6) is 11.5 Å². The number of para-hydroxylation sites is 2. The quantitative estimate of drug-likeness (QED) is 0.252. The minimum absolute atomic E-state index is 0.108. The molecule has 0 saturated heterocycles. The van der Waals surface area contributed by atoms with Crippen LogP contribution in [0, 0.1) is 0 Å². The molecule has 0 atom stereocenters. The number of rotatable bonds is 8. The number of aromatic nitrogens is 4. The SMILES string of the molecule is COc1ccc(CCn2c(SCc3nc4ccccc4c(=O)[nH]3)nc3ccccc3c2=O)cc1OC. The van der Waals surface area contributed by atoms with Crippen molar-refractivity contribution >= 4 is 33.6 Å². The first-order chi connectivity index (χ1) is 17.6. The van der Waals surface area contributed by atoms with E-state index in [9.17, 15) is 9.59 Å². The third-order valence-electron chi connectivity index (χ3n) is 5.90. The van der Waals surface area contributed by atoms with E-state index in [4.69, 9.17) is 14.5 Å². The number of nitrogens with one attached hydrogen (secondary N) is 1. The summed E-state index contributed by atoms with van der Waals surface area (Å²) in [5.41, 5.74) is 1.97. The van der Waals surface area contributed by atoms with Crippen molar-refractivity contribution in [1.29, 1.82) is 0 Å². The zero-order valence-corrected chi connectivity index (χ0v) is 20.7. The minimum atomic E-state index is -0.187. The summed E-state index contributed by atoms with van der Waals surface area (Å²) in [7, 11) is 3.19. The van der Waals surface area contributed by atoms with Gasteiger partial charge in [0.25, 0.3) is 11.1 Å². The Balaban J connectivity index is 1.47. The number of H-pyrrole nitrogens is 1. The van der Waals surface area contributed by atoms with E-state index in [1.807, 2.05) is 54.6 Å². The van der Waals surface area contributed by atoms with Crippen molar-refractivity contribution in [3.8, 4) is 11.5 Å². The molecule has 0 unspecified atom stereocenters. The molecule has 0 saturated carbocycles. The first-order valence-corrected chi connectivity index (χ1v) is 12.4. The standard InChI is InChI=1S/C27H24N4O4S/c1-34-22-12-11-17(15-23(22)35-2)13-14-31-26(33)19-8-4-6-10-21(19)29-27(31)36-16-24-28-20-9-5-3-7-18(20)25(32)30-24/h3-12,15H,13-14,16H2,1-2H3,(H,28,30,32). The van der Waals surface area contributed by atoms with E-state index in [0.717, 1.165) is 5.56 Å². The summed E-state index contributed by atoms with van der Waals surface area (Å²) >= 11 is 1.37. The second-order valence-electron chi connectivity index (χ2n) is 8.13. The van der Waals surface area contributed by atoms with Crippen molar-refractivity contribution in [2.75, 3.05) is 14.2 Å². The number of thioether (sulfide) groups is 1. The Morgan fingerprint density at radius 3 is 2.31 bits per heavy atom. The van der Waals surface area contributed by atoms with Gasteiger partial charge in [-0.2, -0.15) is 0 Å². The van der Waals surface area contributed by atoms with E-state index in [2.05, 4.69) is 9.97 Å². The molecule has 8 nitrogen and oxygen atoms in total. The summed E-state index contributed by atoms with van der Waals surface area (Å²) in [6.07, 6.45) is 0.596. The number of hydrogen-bond donors (Lipinski definition) is 1. The number of nitrogens with zero attached hydrogens (tertiary/aromatic N) is 3. The lowest BCUT2D eigenvalue weighted by atomic mass is 10.1. The van der Waals surface area contributed by atoms with Crippen LogP contribution in [0.15, 0.2) is 81.5 Å². The van der Waals surface area contributed by atoms with Gasteiger partial charge in [0.1, 0.15) is 5.82 Å². The Hall–Kier alpha value is -4.11. The average Bonchev–Trinajstić information content (AvgIpc) is 2.91. The first-order valence-electron chi connectivity index (χ1n) is 11.4. The van der Waals surface area contributed by atoms with Crippen molar-refractivity contribution < 1.29 is 9.47 Å². The van der Waals surface area contributed by atoms with Crippen LogP contribution in [0.25, 0.3) is 21.8 Å². The van der Waals surface area contributed by atoms with Crippen molar-refractivity contribution in [1.82, 2.24) is 19.5 Å². The lowest BCUT2D eigenvalue weighted by Crippen LogP contribution is -2.24. The highest BCUT2D eigenvalue weighted by atomic mass is 32.2. The topological polar surface area (TPSA) is 99.1 Å². The van der Waals surface area contributed by atoms with Crippen molar-refractivity contribution in [2.45, 2.75) is 23.9 Å². The van der Waals surface area contributed by atoms with Crippen LogP contribution in [0.2, 0.25) is 0 Å². The number of hydrogen-bond acceptors (Lipinski definition) is 7. The Morgan fingerprint density at radius 2 is 1.56 bits per heavy atom. The van der Waals surface area contributed by atoms with Crippen LogP contribution >= 0.6 is 11.8 Å². The summed E-state index contributed by atoms with van der Waals surface area (Å²) in [6.45, 7) is 0.427. The molecule has 0 fully saturated rings. The molecular formula is C27H24N4O4S. The molecule has 9 heteroatoms. The smallest absolute Gasteiger partial charge is 0.262 e. The molecule has 0 spiro atoms. The summed E-state index contributed by atoms with van der Waals surface area (Å²) in [4.78, 5) is 38.1. The Kier molecular flexibility index (Phi) is 6.73. The van der Waals surface area contributed by atoms with Crippen molar-refractivity contribution in [3.05, 3.63) is 98.8 Å². The van der Waals surface area contributed by atoms with Gasteiger partial charge in [-0.05, 0) is 48.4 Å². The number of methoxy groups -OCH3 is 2. The monoisotopic (exact) mass is 500 g/mol. The van der Waals surface area contributed by atoms with Crippen molar-refractivity contribution in [2.24, 2.45) is 0 Å². The molecule has 36 heavy (non-hydrogen) atoms. The lowest BCUT2D eigenvalue weighted by Gasteiger charge is -2.14. The Labute approximate surface area is 210 Å². The average molecular weight is 501 g/mol. The molecule has 2 heterocycles. The second-order valence-corrected chi connectivity index (χ2v) is 9.07. The normalized spacial score (nSPS) is 11.2. The van der Waals surface area contributed by atoms with Crippen LogP contribution in [0.3, 0.4) is 0 Å². The molecule has 3 aromatic carbocycles. The second kappa shape index (κ2) is 10.2. The number of aromatic amines is 1. The fraction of sp³-hybridized carbons (Fsp3) is 0.185. The largest absolute Gasteiger partial charge is 0.493 e. The minimum Gasteiger partial charge on any atom is -0.493 e. The molecule has 1 N–H and O–H groups in total. The molecule has 0 amide bonds. The number of fused-ring (bicyclic) bond motifs is 2. The molecule has 182 valence electrons.